The van der Waals surface area contributed by atoms with Crippen LogP contribution in [0, 0.1) is 13.8 Å². The lowest BCUT2D eigenvalue weighted by molar-refractivity contribution is 0.0929. The summed E-state index contributed by atoms with van der Waals surface area (Å²) in [7, 11) is 0. The maximum atomic E-state index is 12.2. The zero-order valence-electron chi connectivity index (χ0n) is 12.5. The normalized spacial score (nSPS) is 11.2. The number of furan rings is 1. The van der Waals surface area contributed by atoms with Gasteiger partial charge in [0.25, 0.3) is 0 Å². The van der Waals surface area contributed by atoms with E-state index in [1.807, 2.05) is 62.4 Å². The van der Waals surface area contributed by atoms with Crippen LogP contribution in [0.4, 0.5) is 0 Å². The molecule has 0 fully saturated rings. The van der Waals surface area contributed by atoms with Gasteiger partial charge in [-0.3, -0.25) is 4.79 Å². The third kappa shape index (κ3) is 2.76. The van der Waals surface area contributed by atoms with E-state index < -0.39 is 0 Å². The molecule has 0 aliphatic rings. The molecule has 0 bridgehead atoms. The van der Waals surface area contributed by atoms with Crippen molar-refractivity contribution in [1.29, 1.82) is 0 Å². The van der Waals surface area contributed by atoms with Crippen LogP contribution in [-0.2, 0) is 0 Å². The summed E-state index contributed by atoms with van der Waals surface area (Å²) in [4.78, 5) is 12.2. The Bertz CT molecular complexity index is 845. The minimum Gasteiger partial charge on any atom is -0.451 e. The van der Waals surface area contributed by atoms with Gasteiger partial charge in [0.1, 0.15) is 5.58 Å². The molecular weight excluding hydrogens is 276 g/mol. The summed E-state index contributed by atoms with van der Waals surface area (Å²) in [5, 5.41) is 4.91. The van der Waals surface area contributed by atoms with E-state index in [1.54, 1.807) is 6.21 Å². The fraction of sp³-hybridized carbons (Fsp3) is 0.111. The third-order valence-electron chi connectivity index (χ3n) is 3.51. The smallest absolute Gasteiger partial charge is 0.307 e. The molecule has 3 aromatic rings. The Balaban J connectivity index is 1.76. The number of aryl methyl sites for hydroxylation is 2. The minimum atomic E-state index is -0.350. The topological polar surface area (TPSA) is 54.6 Å². The molecule has 0 saturated heterocycles. The monoisotopic (exact) mass is 292 g/mol. The van der Waals surface area contributed by atoms with Crippen molar-refractivity contribution >= 4 is 23.1 Å². The van der Waals surface area contributed by atoms with Crippen LogP contribution in [0.25, 0.3) is 11.0 Å². The molecule has 1 aromatic heterocycles. The predicted octanol–water partition coefficient (Wildman–Crippen LogP) is 3.81. The summed E-state index contributed by atoms with van der Waals surface area (Å²) in [6.45, 7) is 3.89. The Morgan fingerprint density at radius 2 is 1.82 bits per heavy atom. The molecule has 3 rings (SSSR count). The highest BCUT2D eigenvalue weighted by Gasteiger charge is 2.16. The van der Waals surface area contributed by atoms with Crippen LogP contribution in [0.3, 0.4) is 0 Å². The van der Waals surface area contributed by atoms with E-state index in [4.69, 9.17) is 4.42 Å². The van der Waals surface area contributed by atoms with E-state index in [2.05, 4.69) is 10.5 Å². The predicted molar refractivity (Wildman–Crippen MR) is 87.2 cm³/mol. The quantitative estimate of drug-likeness (QED) is 0.589. The van der Waals surface area contributed by atoms with E-state index in [9.17, 15) is 4.79 Å². The Labute approximate surface area is 128 Å². The van der Waals surface area contributed by atoms with Crippen LogP contribution in [0.15, 0.2) is 58.0 Å². The van der Waals surface area contributed by atoms with E-state index in [0.717, 1.165) is 16.5 Å². The number of amides is 1. The van der Waals surface area contributed by atoms with Gasteiger partial charge in [-0.15, -0.1) is 0 Å². The number of hydrogen-bond acceptors (Lipinski definition) is 3. The molecule has 0 aliphatic heterocycles. The van der Waals surface area contributed by atoms with Gasteiger partial charge in [-0.2, -0.15) is 5.10 Å². The van der Waals surface area contributed by atoms with Crippen molar-refractivity contribution in [1.82, 2.24) is 5.43 Å². The Kier molecular flexibility index (Phi) is 3.74. The highest BCUT2D eigenvalue weighted by Crippen LogP contribution is 2.24. The van der Waals surface area contributed by atoms with Crippen molar-refractivity contribution in [3.8, 4) is 0 Å². The number of carbonyl (C=O) groups is 1. The zero-order chi connectivity index (χ0) is 15.5. The first-order chi connectivity index (χ1) is 10.6. The van der Waals surface area contributed by atoms with Crippen molar-refractivity contribution in [3.63, 3.8) is 0 Å². The highest BCUT2D eigenvalue weighted by molar-refractivity contribution is 5.99. The van der Waals surface area contributed by atoms with Crippen LogP contribution >= 0.6 is 0 Å². The number of nitrogens with zero attached hydrogens (tertiary/aromatic N) is 1. The van der Waals surface area contributed by atoms with Crippen LogP contribution in [0.2, 0.25) is 0 Å². The van der Waals surface area contributed by atoms with E-state index >= 15 is 0 Å². The fourth-order valence-corrected chi connectivity index (χ4v) is 2.26. The molecular formula is C18H16N2O2. The molecule has 0 unspecified atom stereocenters. The fourth-order valence-electron chi connectivity index (χ4n) is 2.26. The van der Waals surface area contributed by atoms with Crippen molar-refractivity contribution in [2.24, 2.45) is 5.10 Å². The number of hydrogen-bond donors (Lipinski definition) is 1. The van der Waals surface area contributed by atoms with Gasteiger partial charge in [-0.25, -0.2) is 5.43 Å². The molecule has 22 heavy (non-hydrogen) atoms. The first-order valence-electron chi connectivity index (χ1n) is 7.03. The maximum absolute atomic E-state index is 12.2. The molecule has 4 heteroatoms. The summed E-state index contributed by atoms with van der Waals surface area (Å²) < 4.78 is 5.59. The molecule has 2 aromatic carbocycles. The molecule has 0 spiro atoms. The standard InChI is InChI=1S/C18H16N2O2/c1-12-7-9-14(10-8-12)11-19-20-18(21)17-13(2)15-5-3-4-6-16(15)22-17/h3-11H,1-2H3,(H,20,21). The van der Waals surface area contributed by atoms with Gasteiger partial charge in [0.05, 0.1) is 6.21 Å². The van der Waals surface area contributed by atoms with Gasteiger partial charge >= 0.3 is 5.91 Å². The number of benzene rings is 2. The minimum absolute atomic E-state index is 0.294. The van der Waals surface area contributed by atoms with Gasteiger partial charge in [-0.05, 0) is 25.5 Å². The average Bonchev–Trinajstić information content (AvgIpc) is 2.87. The molecule has 1 amide bonds. The van der Waals surface area contributed by atoms with Crippen LogP contribution in [-0.4, -0.2) is 12.1 Å². The SMILES string of the molecule is Cc1ccc(C=NNC(=O)c2oc3ccccc3c2C)cc1. The summed E-state index contributed by atoms with van der Waals surface area (Å²) in [6, 6.07) is 15.4. The largest absolute Gasteiger partial charge is 0.451 e. The third-order valence-corrected chi connectivity index (χ3v) is 3.51. The Morgan fingerprint density at radius 1 is 1.09 bits per heavy atom. The lowest BCUT2D eigenvalue weighted by Crippen LogP contribution is -2.17. The lowest BCUT2D eigenvalue weighted by atomic mass is 10.1. The average molecular weight is 292 g/mol. The summed E-state index contributed by atoms with van der Waals surface area (Å²) >= 11 is 0. The zero-order valence-corrected chi connectivity index (χ0v) is 12.5. The summed E-state index contributed by atoms with van der Waals surface area (Å²) in [5.74, 6) is -0.0562. The van der Waals surface area contributed by atoms with E-state index in [-0.39, 0.29) is 5.91 Å². The molecule has 1 heterocycles. The first kappa shape index (κ1) is 14.1. The second-order valence-electron chi connectivity index (χ2n) is 5.16. The second-order valence-corrected chi connectivity index (χ2v) is 5.16. The van der Waals surface area contributed by atoms with E-state index in [0.29, 0.717) is 11.3 Å². The summed E-state index contributed by atoms with van der Waals surface area (Å²) in [5.41, 5.74) is 6.12. The van der Waals surface area contributed by atoms with Gasteiger partial charge in [-0.1, -0.05) is 48.0 Å². The van der Waals surface area contributed by atoms with Crippen molar-refractivity contribution < 1.29 is 9.21 Å². The van der Waals surface area contributed by atoms with Crippen LogP contribution in [0.5, 0.6) is 0 Å². The highest BCUT2D eigenvalue weighted by atomic mass is 16.3. The number of nitrogens with one attached hydrogen (secondary N) is 1. The maximum Gasteiger partial charge on any atom is 0.307 e. The van der Waals surface area contributed by atoms with Crippen molar-refractivity contribution in [2.75, 3.05) is 0 Å². The second kappa shape index (κ2) is 5.85. The molecule has 0 saturated carbocycles. The van der Waals surface area contributed by atoms with Crippen molar-refractivity contribution in [3.05, 3.63) is 71.0 Å². The van der Waals surface area contributed by atoms with Crippen LogP contribution < -0.4 is 5.43 Å². The summed E-state index contributed by atoms with van der Waals surface area (Å²) in [6.07, 6.45) is 1.61. The molecule has 0 aliphatic carbocycles. The van der Waals surface area contributed by atoms with Gasteiger partial charge in [0.15, 0.2) is 5.76 Å². The molecule has 0 radical (unpaired) electrons. The Morgan fingerprint density at radius 3 is 2.55 bits per heavy atom. The molecule has 110 valence electrons. The molecule has 1 N–H and O–H groups in total. The van der Waals surface area contributed by atoms with Gasteiger partial charge in [0, 0.05) is 10.9 Å². The van der Waals surface area contributed by atoms with Crippen LogP contribution in [0.1, 0.15) is 27.2 Å². The first-order valence-corrected chi connectivity index (χ1v) is 7.03. The number of carbonyl (C=O) groups excluding carboxylic acids is 1. The number of para-hydroxylation sites is 1. The lowest BCUT2D eigenvalue weighted by Gasteiger charge is -1.98. The molecule has 0 atom stereocenters. The number of rotatable bonds is 3. The molecule has 4 nitrogen and oxygen atoms in total. The van der Waals surface area contributed by atoms with Crippen molar-refractivity contribution in [2.45, 2.75) is 13.8 Å². The number of hydrazone groups is 1. The number of fused-ring (bicyclic) bond motifs is 1. The van der Waals surface area contributed by atoms with Gasteiger partial charge < -0.3 is 4.42 Å². The van der Waals surface area contributed by atoms with Gasteiger partial charge in [0.2, 0.25) is 0 Å². The van der Waals surface area contributed by atoms with E-state index in [1.165, 1.54) is 5.56 Å². The Hall–Kier alpha value is -2.88.